The molecule has 0 bridgehead atoms. The van der Waals surface area contributed by atoms with E-state index in [9.17, 15) is 26.3 Å². The molecule has 0 spiro atoms. The summed E-state index contributed by atoms with van der Waals surface area (Å²) < 4.78 is 78.0. The van der Waals surface area contributed by atoms with Crippen molar-refractivity contribution in [2.75, 3.05) is 11.4 Å². The van der Waals surface area contributed by atoms with E-state index >= 15 is 0 Å². The zero-order valence-corrected chi connectivity index (χ0v) is 13.3. The lowest BCUT2D eigenvalue weighted by molar-refractivity contribution is -0.141. The van der Waals surface area contributed by atoms with Gasteiger partial charge in [-0.15, -0.1) is 0 Å². The number of anilines is 1. The minimum atomic E-state index is -4.60. The van der Waals surface area contributed by atoms with Gasteiger partial charge in [0.1, 0.15) is 11.6 Å². The molecule has 0 saturated heterocycles. The van der Waals surface area contributed by atoms with Crippen LogP contribution in [0.1, 0.15) is 17.1 Å². The lowest BCUT2D eigenvalue weighted by atomic mass is 10.2. The first-order valence-corrected chi connectivity index (χ1v) is 7.37. The van der Waals surface area contributed by atoms with Crippen molar-refractivity contribution in [3.63, 3.8) is 0 Å². The van der Waals surface area contributed by atoms with Crippen molar-refractivity contribution in [2.24, 2.45) is 4.99 Å². The van der Waals surface area contributed by atoms with Crippen molar-refractivity contribution in [2.45, 2.75) is 19.3 Å². The number of halogens is 6. The summed E-state index contributed by atoms with van der Waals surface area (Å²) in [5.74, 6) is 0.338. The molecule has 0 radical (unpaired) electrons. The molecule has 26 heavy (non-hydrogen) atoms. The first-order valence-electron chi connectivity index (χ1n) is 7.37. The van der Waals surface area contributed by atoms with E-state index in [2.05, 4.69) is 9.98 Å². The van der Waals surface area contributed by atoms with Gasteiger partial charge < -0.3 is 4.90 Å². The molecule has 0 unspecified atom stereocenters. The second kappa shape index (κ2) is 6.19. The maximum Gasteiger partial charge on any atom is 0.434 e. The number of aryl methyl sites for hydroxylation is 1. The van der Waals surface area contributed by atoms with Crippen molar-refractivity contribution in [3.05, 3.63) is 53.7 Å². The fourth-order valence-electron chi connectivity index (χ4n) is 2.51. The predicted molar refractivity (Wildman–Crippen MR) is 83.5 cm³/mol. The molecule has 0 atom stereocenters. The van der Waals surface area contributed by atoms with Gasteiger partial charge in [0.25, 0.3) is 0 Å². The first-order chi connectivity index (χ1) is 12.1. The lowest BCUT2D eigenvalue weighted by Gasteiger charge is -2.28. The summed E-state index contributed by atoms with van der Waals surface area (Å²) in [6.45, 7) is 1.59. The maximum absolute atomic E-state index is 12.9. The van der Waals surface area contributed by atoms with E-state index < -0.39 is 23.6 Å². The summed E-state index contributed by atoms with van der Waals surface area (Å²) in [5, 5.41) is 0. The van der Waals surface area contributed by atoms with Crippen molar-refractivity contribution in [1.29, 1.82) is 0 Å². The molecule has 0 N–H and O–H groups in total. The van der Waals surface area contributed by atoms with Gasteiger partial charge in [-0.2, -0.15) is 26.3 Å². The zero-order valence-electron chi connectivity index (χ0n) is 13.3. The monoisotopic (exact) mass is 374 g/mol. The first kappa shape index (κ1) is 18.0. The van der Waals surface area contributed by atoms with Crippen LogP contribution in [0, 0.1) is 6.92 Å². The van der Waals surface area contributed by atoms with Gasteiger partial charge in [-0.1, -0.05) is 0 Å². The molecule has 2 heterocycles. The van der Waals surface area contributed by atoms with Crippen LogP contribution in [-0.4, -0.2) is 22.3 Å². The Morgan fingerprint density at radius 3 is 2.15 bits per heavy atom. The molecule has 1 aliphatic heterocycles. The molecular formula is C16H12F6N4. The molecule has 10 heteroatoms. The molecule has 3 rings (SSSR count). The Balaban J connectivity index is 1.98. The van der Waals surface area contributed by atoms with Crippen LogP contribution in [0.15, 0.2) is 41.7 Å². The largest absolute Gasteiger partial charge is 0.434 e. The Hall–Kier alpha value is -2.78. The van der Waals surface area contributed by atoms with Gasteiger partial charge in [0.15, 0.2) is 5.69 Å². The van der Waals surface area contributed by atoms with E-state index in [-0.39, 0.29) is 18.2 Å². The minimum absolute atomic E-state index is 0.0811. The quantitative estimate of drug-likeness (QED) is 0.722. The Morgan fingerprint density at radius 1 is 0.962 bits per heavy atom. The van der Waals surface area contributed by atoms with Crippen LogP contribution in [0.2, 0.25) is 0 Å². The number of rotatable bonds is 2. The summed E-state index contributed by atoms with van der Waals surface area (Å²) >= 11 is 0. The SMILES string of the molecule is Cc1nc(C(F)(F)F)cn1C1=CN=CCN1c1ccc(C(F)(F)F)cc1. The number of aromatic nitrogens is 2. The minimum Gasteiger partial charge on any atom is -0.321 e. The third-order valence-electron chi connectivity index (χ3n) is 3.76. The Kier molecular flexibility index (Phi) is 4.29. The van der Waals surface area contributed by atoms with Crippen LogP contribution in [0.3, 0.4) is 0 Å². The van der Waals surface area contributed by atoms with Crippen LogP contribution < -0.4 is 4.90 Å². The standard InChI is InChI=1S/C16H12F6N4/c1-10-24-13(16(20,21)22)9-26(10)14-8-23-6-7-25(14)12-4-2-11(3-5-12)15(17,18)19/h2-6,8-9H,7H2,1H3. The third-order valence-corrected chi connectivity index (χ3v) is 3.76. The van der Waals surface area contributed by atoms with Crippen LogP contribution in [-0.2, 0) is 12.4 Å². The smallest absolute Gasteiger partial charge is 0.321 e. The summed E-state index contributed by atoms with van der Waals surface area (Å²) in [6, 6.07) is 4.35. The fraction of sp³-hybridized carbons (Fsp3) is 0.250. The zero-order chi connectivity index (χ0) is 19.1. The van der Waals surface area contributed by atoms with Gasteiger partial charge in [0.2, 0.25) is 0 Å². The second-order valence-corrected chi connectivity index (χ2v) is 5.52. The number of aliphatic imine (C=N–C) groups is 1. The number of nitrogens with zero attached hydrogens (tertiary/aromatic N) is 4. The Bertz CT molecular complexity index is 858. The topological polar surface area (TPSA) is 33.4 Å². The summed E-state index contributed by atoms with van der Waals surface area (Å²) in [4.78, 5) is 8.99. The summed E-state index contributed by atoms with van der Waals surface area (Å²) in [7, 11) is 0. The van der Waals surface area contributed by atoms with Gasteiger partial charge in [-0.05, 0) is 31.2 Å². The average Bonchev–Trinajstić information content (AvgIpc) is 2.96. The molecule has 4 nitrogen and oxygen atoms in total. The third kappa shape index (κ3) is 3.44. The van der Waals surface area contributed by atoms with Crippen LogP contribution >= 0.6 is 0 Å². The molecule has 1 aromatic heterocycles. The molecular weight excluding hydrogens is 362 g/mol. The van der Waals surface area contributed by atoms with Gasteiger partial charge in [0, 0.05) is 18.1 Å². The second-order valence-electron chi connectivity index (χ2n) is 5.52. The Labute approximate surface area is 144 Å². The van der Waals surface area contributed by atoms with E-state index in [1.165, 1.54) is 36.0 Å². The number of alkyl halides is 6. The van der Waals surface area contributed by atoms with E-state index in [4.69, 9.17) is 0 Å². The highest BCUT2D eigenvalue weighted by Gasteiger charge is 2.35. The highest BCUT2D eigenvalue weighted by Crippen LogP contribution is 2.33. The number of hydrogen-bond donors (Lipinski definition) is 0. The van der Waals surface area contributed by atoms with E-state index in [0.29, 0.717) is 5.69 Å². The van der Waals surface area contributed by atoms with Crippen LogP contribution in [0.4, 0.5) is 32.0 Å². The van der Waals surface area contributed by atoms with Gasteiger partial charge in [-0.3, -0.25) is 9.56 Å². The Morgan fingerprint density at radius 2 is 1.62 bits per heavy atom. The van der Waals surface area contributed by atoms with Crippen molar-refractivity contribution in [3.8, 4) is 0 Å². The van der Waals surface area contributed by atoms with Crippen molar-refractivity contribution >= 4 is 17.7 Å². The highest BCUT2D eigenvalue weighted by atomic mass is 19.4. The van der Waals surface area contributed by atoms with E-state index in [0.717, 1.165) is 18.3 Å². The number of benzene rings is 1. The average molecular weight is 374 g/mol. The van der Waals surface area contributed by atoms with Gasteiger partial charge in [0.05, 0.1) is 18.3 Å². The molecule has 0 amide bonds. The van der Waals surface area contributed by atoms with Crippen LogP contribution in [0.25, 0.3) is 5.82 Å². The molecule has 2 aromatic rings. The molecule has 138 valence electrons. The number of imidazole rings is 1. The molecule has 1 aliphatic rings. The normalized spacial score (nSPS) is 15.3. The summed E-state index contributed by atoms with van der Waals surface area (Å²) in [6.07, 6.45) is -5.41. The maximum atomic E-state index is 12.9. The lowest BCUT2D eigenvalue weighted by Crippen LogP contribution is -2.29. The molecule has 0 fully saturated rings. The van der Waals surface area contributed by atoms with Crippen molar-refractivity contribution < 1.29 is 26.3 Å². The van der Waals surface area contributed by atoms with E-state index in [1.807, 2.05) is 0 Å². The van der Waals surface area contributed by atoms with Gasteiger partial charge in [-0.25, -0.2) is 4.98 Å². The molecule has 0 saturated carbocycles. The predicted octanol–water partition coefficient (Wildman–Crippen LogP) is 4.58. The fourth-order valence-corrected chi connectivity index (χ4v) is 2.51. The molecule has 0 aliphatic carbocycles. The van der Waals surface area contributed by atoms with Gasteiger partial charge >= 0.3 is 12.4 Å². The highest BCUT2D eigenvalue weighted by molar-refractivity contribution is 5.80. The number of hydrogen-bond acceptors (Lipinski definition) is 3. The molecule has 1 aromatic carbocycles. The van der Waals surface area contributed by atoms with Crippen molar-refractivity contribution in [1.82, 2.24) is 9.55 Å². The van der Waals surface area contributed by atoms with E-state index in [1.54, 1.807) is 4.90 Å². The van der Waals surface area contributed by atoms with Crippen LogP contribution in [0.5, 0.6) is 0 Å². The summed E-state index contributed by atoms with van der Waals surface area (Å²) in [5.41, 5.74) is -1.48.